The Morgan fingerprint density at radius 3 is 2.49 bits per heavy atom. The summed E-state index contributed by atoms with van der Waals surface area (Å²) in [5.41, 5.74) is 8.58. The molecule has 5 nitrogen and oxygen atoms in total. The zero-order chi connectivity index (χ0) is 30.5. The predicted molar refractivity (Wildman–Crippen MR) is 176 cm³/mol. The van der Waals surface area contributed by atoms with Crippen LogP contribution in [0.5, 0.6) is 0 Å². The fraction of sp³-hybridized carbons (Fsp3) is 0.333. The van der Waals surface area contributed by atoms with Gasteiger partial charge in [-0.2, -0.15) is 0 Å². The van der Waals surface area contributed by atoms with Crippen LogP contribution in [0.3, 0.4) is 0 Å². The third-order valence-electron chi connectivity index (χ3n) is 8.43. The van der Waals surface area contributed by atoms with E-state index in [-0.39, 0.29) is 11.9 Å². The predicted octanol–water partition coefficient (Wildman–Crippen LogP) is 7.58. The number of carbonyl (C=O) groups excluding carboxylic acids is 2. The van der Waals surface area contributed by atoms with Crippen molar-refractivity contribution in [3.05, 3.63) is 116 Å². The maximum absolute atomic E-state index is 12.3. The van der Waals surface area contributed by atoms with Crippen LogP contribution in [0.1, 0.15) is 57.4 Å². The standard InChI is InChI=1S/C36H38Cl2N2O3/c1-39(2)34(41)8-5-18-40-19-17-25(23-40)20-24-9-11-26(12-10-24)35-30-15-13-28(36(42)43-3)21-27(30)6-4-7-32(35)31-16-14-29(37)22-33(31)38/h5,8-16,21-22,25H,4,6-7,17-20,23H2,1-3H3/b8-5+. The number of nitrogens with zero attached hydrogens (tertiary/aromatic N) is 2. The number of methoxy groups -OCH3 is 1. The maximum Gasteiger partial charge on any atom is 0.337 e. The van der Waals surface area contributed by atoms with E-state index in [0.29, 0.717) is 21.5 Å². The number of hydrogen-bond acceptors (Lipinski definition) is 4. The molecule has 2 aliphatic rings. The van der Waals surface area contributed by atoms with Crippen molar-refractivity contribution in [3.63, 3.8) is 0 Å². The molecule has 0 spiro atoms. The molecule has 1 aliphatic heterocycles. The number of fused-ring (bicyclic) bond motifs is 1. The summed E-state index contributed by atoms with van der Waals surface area (Å²) in [5.74, 6) is 0.279. The number of amides is 1. The molecule has 1 atom stereocenters. The molecule has 1 unspecified atom stereocenters. The Labute approximate surface area is 264 Å². The number of ether oxygens (including phenoxy) is 1. The Kier molecular flexibility index (Phi) is 10.1. The van der Waals surface area contributed by atoms with E-state index in [4.69, 9.17) is 27.9 Å². The van der Waals surface area contributed by atoms with Gasteiger partial charge in [0.15, 0.2) is 0 Å². The molecule has 0 N–H and O–H groups in total. The zero-order valence-electron chi connectivity index (χ0n) is 25.0. The van der Waals surface area contributed by atoms with Gasteiger partial charge in [-0.15, -0.1) is 0 Å². The number of aryl methyl sites for hydroxylation is 1. The molecular formula is C36H38Cl2N2O3. The number of halogens is 2. The van der Waals surface area contributed by atoms with Gasteiger partial charge in [-0.25, -0.2) is 4.79 Å². The number of carbonyl (C=O) groups is 2. The summed E-state index contributed by atoms with van der Waals surface area (Å²) in [6.45, 7) is 2.88. The average molecular weight is 618 g/mol. The van der Waals surface area contributed by atoms with Gasteiger partial charge >= 0.3 is 5.97 Å². The van der Waals surface area contributed by atoms with Crippen molar-refractivity contribution in [1.82, 2.24) is 9.80 Å². The van der Waals surface area contributed by atoms with Gasteiger partial charge in [-0.3, -0.25) is 9.69 Å². The Morgan fingerprint density at radius 2 is 1.77 bits per heavy atom. The topological polar surface area (TPSA) is 49.9 Å². The summed E-state index contributed by atoms with van der Waals surface area (Å²) in [7, 11) is 4.95. The van der Waals surface area contributed by atoms with Crippen molar-refractivity contribution in [2.24, 2.45) is 5.92 Å². The van der Waals surface area contributed by atoms with Crippen LogP contribution in [0.4, 0.5) is 0 Å². The molecule has 3 aromatic carbocycles. The molecule has 1 heterocycles. The van der Waals surface area contributed by atoms with Gasteiger partial charge in [0.25, 0.3) is 0 Å². The number of likely N-dealkylation sites (N-methyl/N-ethyl adjacent to an activating group) is 1. The second-order valence-electron chi connectivity index (χ2n) is 11.6. The Morgan fingerprint density at radius 1 is 1.00 bits per heavy atom. The van der Waals surface area contributed by atoms with Crippen molar-refractivity contribution in [1.29, 1.82) is 0 Å². The van der Waals surface area contributed by atoms with E-state index >= 15 is 0 Å². The van der Waals surface area contributed by atoms with Crippen LogP contribution in [0, 0.1) is 5.92 Å². The number of benzene rings is 3. The maximum atomic E-state index is 12.3. The molecule has 0 aromatic heterocycles. The number of allylic oxidation sites excluding steroid dienone is 1. The first kappa shape index (κ1) is 31.1. The Hall–Kier alpha value is -3.38. The molecule has 1 saturated heterocycles. The highest BCUT2D eigenvalue weighted by Crippen LogP contribution is 2.42. The lowest BCUT2D eigenvalue weighted by Crippen LogP contribution is -2.22. The van der Waals surface area contributed by atoms with Gasteiger partial charge in [0.2, 0.25) is 5.91 Å². The first-order valence-electron chi connectivity index (χ1n) is 14.8. The first-order valence-corrected chi connectivity index (χ1v) is 15.6. The minimum Gasteiger partial charge on any atom is -0.465 e. The second-order valence-corrected chi connectivity index (χ2v) is 12.5. The lowest BCUT2D eigenvalue weighted by molar-refractivity contribution is -0.123. The van der Waals surface area contributed by atoms with Crippen LogP contribution in [-0.4, -0.2) is 62.5 Å². The van der Waals surface area contributed by atoms with Gasteiger partial charge in [0.05, 0.1) is 12.7 Å². The zero-order valence-corrected chi connectivity index (χ0v) is 26.5. The molecule has 0 bridgehead atoms. The van der Waals surface area contributed by atoms with E-state index in [0.717, 1.165) is 79.6 Å². The smallest absolute Gasteiger partial charge is 0.337 e. The van der Waals surface area contributed by atoms with Crippen LogP contribution in [0.15, 0.2) is 72.8 Å². The van der Waals surface area contributed by atoms with Crippen LogP contribution in [0.2, 0.25) is 10.0 Å². The van der Waals surface area contributed by atoms with Gasteiger partial charge in [-0.05, 0) is 108 Å². The van der Waals surface area contributed by atoms with E-state index < -0.39 is 0 Å². The Bertz CT molecular complexity index is 1560. The highest BCUT2D eigenvalue weighted by atomic mass is 35.5. The largest absolute Gasteiger partial charge is 0.465 e. The Balaban J connectivity index is 1.42. The highest BCUT2D eigenvalue weighted by Gasteiger charge is 2.24. The van der Waals surface area contributed by atoms with Crippen LogP contribution >= 0.6 is 23.2 Å². The van der Waals surface area contributed by atoms with Crippen LogP contribution < -0.4 is 0 Å². The summed E-state index contributed by atoms with van der Waals surface area (Å²) < 4.78 is 5.00. The normalized spacial score (nSPS) is 17.2. The van der Waals surface area contributed by atoms with Crippen LogP contribution in [0.25, 0.3) is 11.1 Å². The van der Waals surface area contributed by atoms with Crippen LogP contribution in [-0.2, 0) is 22.4 Å². The molecule has 43 heavy (non-hydrogen) atoms. The van der Waals surface area contributed by atoms with Gasteiger partial charge in [0, 0.05) is 43.3 Å². The molecule has 7 heteroatoms. The summed E-state index contributed by atoms with van der Waals surface area (Å²) in [4.78, 5) is 28.1. The fourth-order valence-electron chi connectivity index (χ4n) is 6.20. The van der Waals surface area contributed by atoms with Crippen molar-refractivity contribution in [2.75, 3.05) is 40.8 Å². The number of esters is 1. The molecule has 5 rings (SSSR count). The summed E-state index contributed by atoms with van der Waals surface area (Å²) >= 11 is 13.0. The van der Waals surface area contributed by atoms with E-state index in [1.54, 1.807) is 31.1 Å². The quantitative estimate of drug-likeness (QED) is 0.193. The molecule has 1 amide bonds. The van der Waals surface area contributed by atoms with E-state index in [9.17, 15) is 9.59 Å². The summed E-state index contributed by atoms with van der Waals surface area (Å²) in [6.07, 6.45) is 8.44. The minimum absolute atomic E-state index is 0.0210. The molecular weight excluding hydrogens is 579 g/mol. The van der Waals surface area contributed by atoms with Crippen molar-refractivity contribution < 1.29 is 14.3 Å². The van der Waals surface area contributed by atoms with Crippen molar-refractivity contribution in [2.45, 2.75) is 32.1 Å². The summed E-state index contributed by atoms with van der Waals surface area (Å²) in [6, 6.07) is 20.5. The van der Waals surface area contributed by atoms with Gasteiger partial charge < -0.3 is 9.64 Å². The molecule has 224 valence electrons. The monoisotopic (exact) mass is 616 g/mol. The highest BCUT2D eigenvalue weighted by molar-refractivity contribution is 6.36. The second kappa shape index (κ2) is 13.9. The minimum atomic E-state index is -0.327. The SMILES string of the molecule is COC(=O)c1ccc2c(c1)CCCC(c1ccc(Cl)cc1Cl)=C2c1ccc(CC2CCN(C/C=C/C(=O)N(C)C)C2)cc1. The third-order valence-corrected chi connectivity index (χ3v) is 8.98. The lowest BCUT2D eigenvalue weighted by atomic mass is 9.86. The summed E-state index contributed by atoms with van der Waals surface area (Å²) in [5, 5.41) is 1.25. The van der Waals surface area contributed by atoms with E-state index in [1.165, 1.54) is 18.2 Å². The number of rotatable bonds is 8. The van der Waals surface area contributed by atoms with E-state index in [2.05, 4.69) is 29.2 Å². The first-order chi connectivity index (χ1) is 20.7. The fourth-order valence-corrected chi connectivity index (χ4v) is 6.73. The van der Waals surface area contributed by atoms with E-state index in [1.807, 2.05) is 36.4 Å². The third kappa shape index (κ3) is 7.41. The van der Waals surface area contributed by atoms with Crippen molar-refractivity contribution >= 4 is 46.2 Å². The number of hydrogen-bond donors (Lipinski definition) is 0. The molecule has 0 saturated carbocycles. The van der Waals surface area contributed by atoms with Gasteiger partial charge in [0.1, 0.15) is 0 Å². The molecule has 1 aliphatic carbocycles. The number of likely N-dealkylation sites (tertiary alicyclic amines) is 1. The average Bonchev–Trinajstić information content (AvgIpc) is 3.35. The molecule has 3 aromatic rings. The van der Waals surface area contributed by atoms with Gasteiger partial charge in [-0.1, -0.05) is 65.7 Å². The lowest BCUT2D eigenvalue weighted by Gasteiger charge is -2.19. The van der Waals surface area contributed by atoms with Crippen molar-refractivity contribution in [3.8, 4) is 0 Å². The molecule has 0 radical (unpaired) electrons. The molecule has 1 fully saturated rings.